The van der Waals surface area contributed by atoms with E-state index in [4.69, 9.17) is 0 Å². The zero-order chi connectivity index (χ0) is 14.7. The van der Waals surface area contributed by atoms with Gasteiger partial charge in [-0.15, -0.1) is 0 Å². The van der Waals surface area contributed by atoms with Crippen LogP contribution in [-0.2, 0) is 5.41 Å². The largest absolute Gasteiger partial charge is 0.299 e. The van der Waals surface area contributed by atoms with Gasteiger partial charge in [0.2, 0.25) is 0 Å². The summed E-state index contributed by atoms with van der Waals surface area (Å²) in [5.74, 6) is 0. The van der Waals surface area contributed by atoms with Crippen molar-refractivity contribution in [3.05, 3.63) is 66.0 Å². The molecule has 106 valence electrons. The van der Waals surface area contributed by atoms with Gasteiger partial charge in [-0.25, -0.2) is 0 Å². The molecular formula is C18H19N3. The summed E-state index contributed by atoms with van der Waals surface area (Å²) in [5, 5.41) is 9.86. The van der Waals surface area contributed by atoms with E-state index in [1.54, 1.807) is 6.20 Å². The highest BCUT2D eigenvalue weighted by atomic mass is 15.1. The molecule has 0 radical (unpaired) electrons. The second-order valence-electron chi connectivity index (χ2n) is 5.80. The number of hydrogen-bond donors (Lipinski definition) is 0. The first-order valence-corrected chi connectivity index (χ1v) is 7.32. The minimum atomic E-state index is -0.395. The molecule has 2 atom stereocenters. The van der Waals surface area contributed by atoms with Crippen LogP contribution in [0, 0.1) is 11.3 Å². The summed E-state index contributed by atoms with van der Waals surface area (Å²) in [5.41, 5.74) is 1.93. The molecule has 3 rings (SSSR count). The van der Waals surface area contributed by atoms with Crippen molar-refractivity contribution in [3.63, 3.8) is 0 Å². The van der Waals surface area contributed by atoms with E-state index in [1.807, 2.05) is 30.5 Å². The standard InChI is InChI=1S/C18H19N3/c1-21-11-9-18(14-19,16-7-3-2-4-8-16)12-17(21)15-6-5-10-20-13-15/h2-8,10,13,17H,9,11-12H2,1H3. The summed E-state index contributed by atoms with van der Waals surface area (Å²) in [6, 6.07) is 17.1. The first-order chi connectivity index (χ1) is 10.2. The average Bonchev–Trinajstić information content (AvgIpc) is 2.57. The molecule has 1 saturated heterocycles. The summed E-state index contributed by atoms with van der Waals surface area (Å²) in [6.07, 6.45) is 5.40. The molecule has 2 heterocycles. The number of aromatic nitrogens is 1. The fraction of sp³-hybridized carbons (Fsp3) is 0.333. The van der Waals surface area contributed by atoms with E-state index in [-0.39, 0.29) is 6.04 Å². The van der Waals surface area contributed by atoms with Crippen LogP contribution < -0.4 is 0 Å². The Morgan fingerprint density at radius 2 is 2.05 bits per heavy atom. The van der Waals surface area contributed by atoms with Crippen molar-refractivity contribution in [2.75, 3.05) is 13.6 Å². The number of piperidine rings is 1. The molecule has 1 fully saturated rings. The molecule has 1 aromatic carbocycles. The molecule has 0 bridgehead atoms. The van der Waals surface area contributed by atoms with Crippen molar-refractivity contribution in [1.29, 1.82) is 5.26 Å². The Morgan fingerprint density at radius 1 is 1.24 bits per heavy atom. The van der Waals surface area contributed by atoms with Gasteiger partial charge in [0, 0.05) is 25.0 Å². The Kier molecular flexibility index (Phi) is 3.72. The smallest absolute Gasteiger partial charge is 0.0852 e. The molecule has 0 saturated carbocycles. The molecular weight excluding hydrogens is 258 g/mol. The lowest BCUT2D eigenvalue weighted by molar-refractivity contribution is 0.143. The maximum atomic E-state index is 9.86. The fourth-order valence-electron chi connectivity index (χ4n) is 3.24. The van der Waals surface area contributed by atoms with Crippen LogP contribution in [0.4, 0.5) is 0 Å². The van der Waals surface area contributed by atoms with E-state index < -0.39 is 5.41 Å². The number of rotatable bonds is 2. The minimum Gasteiger partial charge on any atom is -0.299 e. The third-order valence-electron chi connectivity index (χ3n) is 4.57. The van der Waals surface area contributed by atoms with E-state index in [0.29, 0.717) is 0 Å². The summed E-state index contributed by atoms with van der Waals surface area (Å²) in [4.78, 5) is 6.56. The first-order valence-electron chi connectivity index (χ1n) is 7.32. The van der Waals surface area contributed by atoms with Crippen LogP contribution in [0.15, 0.2) is 54.9 Å². The Bertz CT molecular complexity index is 633. The molecule has 1 aromatic heterocycles. The first kappa shape index (κ1) is 13.8. The molecule has 21 heavy (non-hydrogen) atoms. The van der Waals surface area contributed by atoms with Gasteiger partial charge in [-0.2, -0.15) is 5.26 Å². The average molecular weight is 277 g/mol. The minimum absolute atomic E-state index is 0.243. The monoisotopic (exact) mass is 277 g/mol. The molecule has 0 N–H and O–H groups in total. The van der Waals surface area contributed by atoms with Gasteiger partial charge in [-0.3, -0.25) is 9.88 Å². The molecule has 0 spiro atoms. The number of benzene rings is 1. The van der Waals surface area contributed by atoms with Crippen molar-refractivity contribution in [2.45, 2.75) is 24.3 Å². The van der Waals surface area contributed by atoms with E-state index >= 15 is 0 Å². The summed E-state index contributed by atoms with van der Waals surface area (Å²) < 4.78 is 0. The molecule has 0 aliphatic carbocycles. The Hall–Kier alpha value is -2.18. The summed E-state index contributed by atoms with van der Waals surface area (Å²) >= 11 is 0. The lowest BCUT2D eigenvalue weighted by Gasteiger charge is -2.42. The number of likely N-dealkylation sites (tertiary alicyclic amines) is 1. The van der Waals surface area contributed by atoms with E-state index in [1.165, 1.54) is 5.56 Å². The molecule has 3 heteroatoms. The highest BCUT2D eigenvalue weighted by molar-refractivity contribution is 5.35. The highest BCUT2D eigenvalue weighted by Gasteiger charge is 2.40. The van der Waals surface area contributed by atoms with Gasteiger partial charge < -0.3 is 0 Å². The zero-order valence-corrected chi connectivity index (χ0v) is 12.2. The van der Waals surface area contributed by atoms with Crippen molar-refractivity contribution >= 4 is 0 Å². The molecule has 2 aromatic rings. The van der Waals surface area contributed by atoms with E-state index in [9.17, 15) is 5.26 Å². The number of pyridine rings is 1. The Labute approximate surface area is 125 Å². The maximum Gasteiger partial charge on any atom is 0.0852 e. The SMILES string of the molecule is CN1CCC(C#N)(c2ccccc2)CC1c1cccnc1. The topological polar surface area (TPSA) is 39.9 Å². The second kappa shape index (κ2) is 5.67. The predicted octanol–water partition coefficient (Wildman–Crippen LogP) is 3.31. The van der Waals surface area contributed by atoms with Gasteiger partial charge in [0.25, 0.3) is 0 Å². The molecule has 1 aliphatic rings. The van der Waals surface area contributed by atoms with Gasteiger partial charge >= 0.3 is 0 Å². The number of nitrogens with zero attached hydrogens (tertiary/aromatic N) is 3. The van der Waals surface area contributed by atoms with Crippen LogP contribution in [0.5, 0.6) is 0 Å². The molecule has 1 aliphatic heterocycles. The van der Waals surface area contributed by atoms with Crippen molar-refractivity contribution in [2.24, 2.45) is 0 Å². The highest BCUT2D eigenvalue weighted by Crippen LogP contribution is 2.42. The Balaban J connectivity index is 1.97. The van der Waals surface area contributed by atoms with Crippen molar-refractivity contribution in [1.82, 2.24) is 9.88 Å². The van der Waals surface area contributed by atoms with Gasteiger partial charge in [0.15, 0.2) is 0 Å². The van der Waals surface area contributed by atoms with Crippen LogP contribution in [0.1, 0.15) is 30.0 Å². The lowest BCUT2D eigenvalue weighted by Crippen LogP contribution is -2.42. The number of hydrogen-bond acceptors (Lipinski definition) is 3. The van der Waals surface area contributed by atoms with Crippen LogP contribution >= 0.6 is 0 Å². The van der Waals surface area contributed by atoms with Gasteiger partial charge in [-0.1, -0.05) is 36.4 Å². The third kappa shape index (κ3) is 2.55. The summed E-state index contributed by atoms with van der Waals surface area (Å²) in [7, 11) is 2.13. The van der Waals surface area contributed by atoms with Gasteiger partial charge in [0.05, 0.1) is 11.5 Å². The normalized spacial score (nSPS) is 26.2. The molecule has 0 amide bonds. The molecule has 3 nitrogen and oxygen atoms in total. The maximum absolute atomic E-state index is 9.86. The van der Waals surface area contributed by atoms with Crippen LogP contribution in [-0.4, -0.2) is 23.5 Å². The molecule has 2 unspecified atom stereocenters. The van der Waals surface area contributed by atoms with E-state index in [0.717, 1.165) is 24.9 Å². The third-order valence-corrected chi connectivity index (χ3v) is 4.57. The zero-order valence-electron chi connectivity index (χ0n) is 12.2. The second-order valence-corrected chi connectivity index (χ2v) is 5.80. The van der Waals surface area contributed by atoms with Gasteiger partial charge in [-0.05, 0) is 37.1 Å². The predicted molar refractivity (Wildman–Crippen MR) is 82.6 cm³/mol. The van der Waals surface area contributed by atoms with Crippen LogP contribution in [0.25, 0.3) is 0 Å². The van der Waals surface area contributed by atoms with E-state index in [2.05, 4.69) is 41.2 Å². The van der Waals surface area contributed by atoms with Crippen LogP contribution in [0.2, 0.25) is 0 Å². The van der Waals surface area contributed by atoms with Crippen LogP contribution in [0.3, 0.4) is 0 Å². The Morgan fingerprint density at radius 3 is 2.71 bits per heavy atom. The van der Waals surface area contributed by atoms with Crippen molar-refractivity contribution < 1.29 is 0 Å². The van der Waals surface area contributed by atoms with Crippen molar-refractivity contribution in [3.8, 4) is 6.07 Å². The fourth-order valence-corrected chi connectivity index (χ4v) is 3.24. The summed E-state index contributed by atoms with van der Waals surface area (Å²) in [6.45, 7) is 0.919. The van der Waals surface area contributed by atoms with Gasteiger partial charge in [0.1, 0.15) is 0 Å². The number of nitriles is 1. The quantitative estimate of drug-likeness (QED) is 0.845. The lowest BCUT2D eigenvalue weighted by atomic mass is 9.70.